The zero-order valence-electron chi connectivity index (χ0n) is 12.5. The van der Waals surface area contributed by atoms with Crippen molar-refractivity contribution < 1.29 is 92.4 Å². The van der Waals surface area contributed by atoms with Crippen LogP contribution in [0.4, 0.5) is 69.7 Å². The van der Waals surface area contributed by atoms with Gasteiger partial charge in [-0.3, -0.25) is 0 Å². The first-order valence-electron chi connectivity index (χ1n) is 5.75. The summed E-state index contributed by atoms with van der Waals surface area (Å²) in [5, 5.41) is -7.48. The fourth-order valence-corrected chi connectivity index (χ4v) is 1.42. The molecule has 30 heavy (non-hydrogen) atoms. The smallest absolute Gasteiger partial charge is 0.398 e. The number of ether oxygens (including phenoxy) is 3. The van der Waals surface area contributed by atoms with Gasteiger partial charge in [0.25, 0.3) is 0 Å². The van der Waals surface area contributed by atoms with Gasteiger partial charge in [-0.1, -0.05) is 3.89 Å². The summed E-state index contributed by atoms with van der Waals surface area (Å²) in [5.74, 6) is -7.73. The zero-order valence-corrected chi connectivity index (χ0v) is 13.3. The molecule has 0 radical (unpaired) electrons. The predicted octanol–water partition coefficient (Wildman–Crippen LogP) is 4.93. The lowest BCUT2D eigenvalue weighted by Gasteiger charge is -2.38. The van der Waals surface area contributed by atoms with Crippen molar-refractivity contribution >= 4 is 10.2 Å². The fourth-order valence-electron chi connectivity index (χ4n) is 1.09. The molecule has 0 fully saturated rings. The Hall–Kier alpha value is -1.71. The topological polar surface area (TPSA) is 61.8 Å². The van der Waals surface area contributed by atoms with Crippen LogP contribution in [0, 0.1) is 0 Å². The summed E-state index contributed by atoms with van der Waals surface area (Å²) in [6.45, 7) is 0. The van der Waals surface area contributed by atoms with Crippen molar-refractivity contribution in [3.63, 3.8) is 0 Å². The van der Waals surface area contributed by atoms with E-state index in [2.05, 4.69) is 0 Å². The van der Waals surface area contributed by atoms with Gasteiger partial charge in [0.15, 0.2) is 0 Å². The molecule has 0 heterocycles. The van der Waals surface area contributed by atoms with Gasteiger partial charge in [-0.15, -0.1) is 13.2 Å². The first-order valence-corrected chi connectivity index (χ1v) is 7.13. The van der Waals surface area contributed by atoms with Gasteiger partial charge in [0, 0.05) is 0 Å². The van der Waals surface area contributed by atoms with Crippen LogP contribution in [0.15, 0.2) is 12.1 Å². The monoisotopic (exact) mass is 512 g/mol. The van der Waals surface area contributed by atoms with E-state index in [-0.39, 0.29) is 0 Å². The Morgan fingerprint density at radius 2 is 1.03 bits per heavy atom. The number of hydrogen-bond donors (Lipinski definition) is 0. The molecule has 0 aromatic carbocycles. The fraction of sp³-hybridized carbons (Fsp3) is 0.750. The molecule has 1 atom stereocenters. The Bertz CT molecular complexity index is 767. The second kappa shape index (κ2) is 7.76. The third-order valence-corrected chi connectivity index (χ3v) is 3.12. The van der Waals surface area contributed by atoms with E-state index < -0.39 is 58.1 Å². The van der Waals surface area contributed by atoms with Crippen LogP contribution < -0.4 is 0 Å². The Balaban J connectivity index is 6.60. The number of rotatable bonds is 9. The summed E-state index contributed by atoms with van der Waals surface area (Å²) < 4.78 is 226. The maximum Gasteiger partial charge on any atom is 0.525 e. The molecule has 0 aliphatic carbocycles. The van der Waals surface area contributed by atoms with E-state index in [9.17, 15) is 78.2 Å². The van der Waals surface area contributed by atoms with Gasteiger partial charge in [-0.25, -0.2) is 9.47 Å². The zero-order chi connectivity index (χ0) is 24.8. The van der Waals surface area contributed by atoms with E-state index in [1.54, 1.807) is 0 Å². The van der Waals surface area contributed by atoms with Crippen molar-refractivity contribution in [1.82, 2.24) is 0 Å². The molecule has 0 aliphatic heterocycles. The van der Waals surface area contributed by atoms with E-state index in [1.807, 2.05) is 4.74 Å². The highest BCUT2D eigenvalue weighted by Gasteiger charge is 2.83. The Kier molecular flexibility index (Phi) is 7.32. The van der Waals surface area contributed by atoms with Crippen LogP contribution in [0.5, 0.6) is 0 Å². The van der Waals surface area contributed by atoms with Crippen molar-refractivity contribution in [2.75, 3.05) is 0 Å². The summed E-state index contributed by atoms with van der Waals surface area (Å²) in [7, 11) is -7.99. The minimum atomic E-state index is -7.99. The van der Waals surface area contributed by atoms with Crippen LogP contribution in [-0.2, 0) is 24.4 Å². The van der Waals surface area contributed by atoms with E-state index in [1.165, 1.54) is 9.47 Å². The van der Waals surface area contributed by atoms with Crippen molar-refractivity contribution in [3.05, 3.63) is 12.1 Å². The molecule has 5 nitrogen and oxygen atoms in total. The molecule has 0 spiro atoms. The molecule has 0 saturated heterocycles. The molecule has 1 unspecified atom stereocenters. The Labute approximate surface area is 152 Å². The van der Waals surface area contributed by atoms with E-state index in [0.717, 1.165) is 0 Å². The highest BCUT2D eigenvalue weighted by atomic mass is 32.3. The van der Waals surface area contributed by atoms with Crippen LogP contribution in [0.3, 0.4) is 0 Å². The van der Waals surface area contributed by atoms with Crippen molar-refractivity contribution in [1.29, 1.82) is 0 Å². The standard InChI is InChI=1S/C8F16O5S/c9-1(10)2(11)27-4(13,14)3(12,28-8(21,22)23)5(15,16)29-6(17,18)7(19,20)30(24,25)26. The summed E-state index contributed by atoms with van der Waals surface area (Å²) in [6.07, 6.45) is -34.1. The van der Waals surface area contributed by atoms with Crippen molar-refractivity contribution in [3.8, 4) is 0 Å². The molecule has 0 amide bonds. The average Bonchev–Trinajstić information content (AvgIpc) is 2.41. The molecular formula is C8F16O5S. The third kappa shape index (κ3) is 5.50. The van der Waals surface area contributed by atoms with E-state index >= 15 is 0 Å². The van der Waals surface area contributed by atoms with Gasteiger partial charge in [-0.2, -0.15) is 61.1 Å². The number of alkyl halides is 12. The molecule has 0 aliphatic rings. The van der Waals surface area contributed by atoms with Gasteiger partial charge in [0.1, 0.15) is 0 Å². The minimum Gasteiger partial charge on any atom is -0.398 e. The molecule has 0 N–H and O–H groups in total. The van der Waals surface area contributed by atoms with E-state index in [0.29, 0.717) is 0 Å². The van der Waals surface area contributed by atoms with Crippen LogP contribution in [0.25, 0.3) is 0 Å². The maximum absolute atomic E-state index is 13.7. The van der Waals surface area contributed by atoms with Crippen molar-refractivity contribution in [2.24, 2.45) is 0 Å². The van der Waals surface area contributed by atoms with Crippen LogP contribution in [0.2, 0.25) is 0 Å². The van der Waals surface area contributed by atoms with Crippen molar-refractivity contribution in [2.45, 2.75) is 35.8 Å². The Morgan fingerprint density at radius 1 is 0.633 bits per heavy atom. The Morgan fingerprint density at radius 3 is 1.33 bits per heavy atom. The summed E-state index contributed by atoms with van der Waals surface area (Å²) in [6, 6.07) is -4.09. The molecule has 0 aromatic heterocycles. The first kappa shape index (κ1) is 28.3. The van der Waals surface area contributed by atoms with E-state index in [4.69, 9.17) is 0 Å². The second-order valence-electron chi connectivity index (χ2n) is 4.39. The predicted molar refractivity (Wildman–Crippen MR) is 53.3 cm³/mol. The average molecular weight is 512 g/mol. The largest absolute Gasteiger partial charge is 0.525 e. The molecular weight excluding hydrogens is 512 g/mol. The van der Waals surface area contributed by atoms with Crippen LogP contribution >= 0.6 is 0 Å². The van der Waals surface area contributed by atoms with Gasteiger partial charge in [-0.05, 0) is 0 Å². The molecule has 0 aromatic rings. The van der Waals surface area contributed by atoms with Gasteiger partial charge < -0.3 is 4.74 Å². The molecule has 0 bridgehead atoms. The molecule has 22 heteroatoms. The highest BCUT2D eigenvalue weighted by molar-refractivity contribution is 7.87. The SMILES string of the molecule is O=S(=O)(F)C(F)(F)C(F)(F)OC(F)(F)C(F)(OC(F)(F)F)C(F)(F)OC(F)=C(F)F. The van der Waals surface area contributed by atoms with Crippen LogP contribution in [0.1, 0.15) is 0 Å². The van der Waals surface area contributed by atoms with Gasteiger partial charge >= 0.3 is 58.1 Å². The normalized spacial score (nSPS) is 16.8. The quantitative estimate of drug-likeness (QED) is 0.249. The first-order chi connectivity index (χ1) is 12.7. The molecule has 0 rings (SSSR count). The summed E-state index contributed by atoms with van der Waals surface area (Å²) in [5.41, 5.74) is 0. The molecule has 180 valence electrons. The highest BCUT2D eigenvalue weighted by Crippen LogP contribution is 2.54. The van der Waals surface area contributed by atoms with Crippen LogP contribution in [-0.4, -0.2) is 44.2 Å². The number of hydrogen-bond acceptors (Lipinski definition) is 5. The molecule has 0 saturated carbocycles. The maximum atomic E-state index is 13.7. The summed E-state index contributed by atoms with van der Waals surface area (Å²) >= 11 is 0. The lowest BCUT2D eigenvalue weighted by Crippen LogP contribution is -2.65. The minimum absolute atomic E-state index is 1.33. The van der Waals surface area contributed by atoms with Gasteiger partial charge in [0.05, 0.1) is 0 Å². The lowest BCUT2D eigenvalue weighted by atomic mass is 10.2. The lowest BCUT2D eigenvalue weighted by molar-refractivity contribution is -0.556. The third-order valence-electron chi connectivity index (χ3n) is 2.27. The second-order valence-corrected chi connectivity index (χ2v) is 5.77. The van der Waals surface area contributed by atoms with Gasteiger partial charge in [0.2, 0.25) is 0 Å². The summed E-state index contributed by atoms with van der Waals surface area (Å²) in [4.78, 5) is 0. The number of halogens is 16.